The normalized spacial score (nSPS) is 26.6. The molecule has 0 aliphatic carbocycles. The SMILES string of the molecule is O=C(C1CCNCC1)N(c1ccccc1)C1COC2(CCNCC2)C1. The minimum Gasteiger partial charge on any atom is -0.373 e. The third-order valence-corrected chi connectivity index (χ3v) is 6.03. The second-order valence-corrected chi connectivity index (χ2v) is 7.67. The van der Waals surface area contributed by atoms with E-state index in [-0.39, 0.29) is 23.5 Å². The third kappa shape index (κ3) is 3.59. The van der Waals surface area contributed by atoms with E-state index < -0.39 is 0 Å². The van der Waals surface area contributed by atoms with Gasteiger partial charge in [0.1, 0.15) is 0 Å². The average Bonchev–Trinajstić information content (AvgIpc) is 3.07. The first-order valence-corrected chi connectivity index (χ1v) is 9.71. The molecule has 3 heterocycles. The van der Waals surface area contributed by atoms with Crippen molar-refractivity contribution >= 4 is 11.6 Å². The second-order valence-electron chi connectivity index (χ2n) is 7.67. The summed E-state index contributed by atoms with van der Waals surface area (Å²) in [6, 6.07) is 10.3. The van der Waals surface area contributed by atoms with Crippen LogP contribution in [0.15, 0.2) is 30.3 Å². The Balaban J connectivity index is 1.56. The first-order valence-electron chi connectivity index (χ1n) is 9.71. The summed E-state index contributed by atoms with van der Waals surface area (Å²) in [5, 5.41) is 6.78. The van der Waals surface area contributed by atoms with E-state index in [1.165, 1.54) is 0 Å². The van der Waals surface area contributed by atoms with Crippen LogP contribution < -0.4 is 15.5 Å². The highest BCUT2D eigenvalue weighted by atomic mass is 16.5. The van der Waals surface area contributed by atoms with Crippen molar-refractivity contribution in [1.29, 1.82) is 0 Å². The molecule has 2 N–H and O–H groups in total. The van der Waals surface area contributed by atoms with E-state index in [1.807, 2.05) is 18.2 Å². The topological polar surface area (TPSA) is 53.6 Å². The molecule has 0 aromatic heterocycles. The Kier molecular flexibility index (Phi) is 5.06. The molecule has 1 unspecified atom stereocenters. The van der Waals surface area contributed by atoms with Gasteiger partial charge in [0.25, 0.3) is 0 Å². The fraction of sp³-hybridized carbons (Fsp3) is 0.650. The number of rotatable bonds is 3. The number of ether oxygens (including phenoxy) is 1. The molecule has 3 fully saturated rings. The van der Waals surface area contributed by atoms with Crippen LogP contribution in [0.3, 0.4) is 0 Å². The molecule has 1 atom stereocenters. The minimum absolute atomic E-state index is 0.0304. The summed E-state index contributed by atoms with van der Waals surface area (Å²) < 4.78 is 6.29. The summed E-state index contributed by atoms with van der Waals surface area (Å²) in [5.41, 5.74) is 0.989. The van der Waals surface area contributed by atoms with Gasteiger partial charge in [-0.05, 0) is 70.4 Å². The number of nitrogens with one attached hydrogen (secondary N) is 2. The van der Waals surface area contributed by atoms with E-state index in [0.29, 0.717) is 6.61 Å². The maximum atomic E-state index is 13.4. The molecule has 3 aliphatic rings. The third-order valence-electron chi connectivity index (χ3n) is 6.03. The number of hydrogen-bond donors (Lipinski definition) is 2. The number of piperidine rings is 2. The lowest BCUT2D eigenvalue weighted by atomic mass is 9.87. The van der Waals surface area contributed by atoms with Crippen molar-refractivity contribution in [2.24, 2.45) is 5.92 Å². The lowest BCUT2D eigenvalue weighted by molar-refractivity contribution is -0.123. The van der Waals surface area contributed by atoms with Crippen LogP contribution in [0.25, 0.3) is 0 Å². The van der Waals surface area contributed by atoms with E-state index >= 15 is 0 Å². The molecule has 5 heteroatoms. The van der Waals surface area contributed by atoms with Gasteiger partial charge >= 0.3 is 0 Å². The van der Waals surface area contributed by atoms with Gasteiger partial charge in [-0.2, -0.15) is 0 Å². The van der Waals surface area contributed by atoms with Gasteiger partial charge < -0.3 is 20.3 Å². The van der Waals surface area contributed by atoms with Gasteiger partial charge in [-0.25, -0.2) is 0 Å². The second kappa shape index (κ2) is 7.44. The number of benzene rings is 1. The van der Waals surface area contributed by atoms with Crippen molar-refractivity contribution in [1.82, 2.24) is 10.6 Å². The number of nitrogens with zero attached hydrogens (tertiary/aromatic N) is 1. The predicted molar refractivity (Wildman–Crippen MR) is 98.7 cm³/mol. The van der Waals surface area contributed by atoms with Gasteiger partial charge in [0.2, 0.25) is 5.91 Å². The zero-order valence-corrected chi connectivity index (χ0v) is 14.9. The molecule has 25 heavy (non-hydrogen) atoms. The van der Waals surface area contributed by atoms with Crippen molar-refractivity contribution in [3.63, 3.8) is 0 Å². The number of amides is 1. The molecular formula is C20H29N3O2. The van der Waals surface area contributed by atoms with E-state index in [2.05, 4.69) is 27.7 Å². The molecule has 3 aliphatic heterocycles. The lowest BCUT2D eigenvalue weighted by Crippen LogP contribution is -2.48. The highest BCUT2D eigenvalue weighted by molar-refractivity contribution is 5.95. The Morgan fingerprint density at radius 2 is 1.72 bits per heavy atom. The van der Waals surface area contributed by atoms with Crippen molar-refractivity contribution in [3.05, 3.63) is 30.3 Å². The van der Waals surface area contributed by atoms with Crippen LogP contribution in [-0.4, -0.2) is 50.3 Å². The molecule has 5 nitrogen and oxygen atoms in total. The average molecular weight is 343 g/mol. The fourth-order valence-electron chi connectivity index (χ4n) is 4.59. The quantitative estimate of drug-likeness (QED) is 0.881. The Labute approximate surface area is 150 Å². The first-order chi connectivity index (χ1) is 12.3. The Bertz CT molecular complexity index is 580. The van der Waals surface area contributed by atoms with Gasteiger partial charge in [0.15, 0.2) is 0 Å². The monoisotopic (exact) mass is 343 g/mol. The van der Waals surface area contributed by atoms with E-state index in [0.717, 1.165) is 64.0 Å². The maximum Gasteiger partial charge on any atom is 0.230 e. The first kappa shape index (κ1) is 17.0. The molecule has 0 radical (unpaired) electrons. The predicted octanol–water partition coefficient (Wildman–Crippen LogP) is 1.93. The molecule has 136 valence electrons. The van der Waals surface area contributed by atoms with Crippen molar-refractivity contribution in [3.8, 4) is 0 Å². The molecule has 4 rings (SSSR count). The van der Waals surface area contributed by atoms with Crippen LogP contribution >= 0.6 is 0 Å². The smallest absolute Gasteiger partial charge is 0.230 e. The number of para-hydroxylation sites is 1. The maximum absolute atomic E-state index is 13.4. The summed E-state index contributed by atoms with van der Waals surface area (Å²) in [4.78, 5) is 15.4. The van der Waals surface area contributed by atoms with Crippen LogP contribution in [0.2, 0.25) is 0 Å². The Morgan fingerprint density at radius 3 is 2.44 bits per heavy atom. The van der Waals surface area contributed by atoms with E-state index in [9.17, 15) is 4.79 Å². The van der Waals surface area contributed by atoms with Crippen molar-refractivity contribution in [2.45, 2.75) is 43.7 Å². The van der Waals surface area contributed by atoms with Crippen molar-refractivity contribution < 1.29 is 9.53 Å². The van der Waals surface area contributed by atoms with Gasteiger partial charge in [-0.15, -0.1) is 0 Å². The molecule has 1 aromatic rings. The van der Waals surface area contributed by atoms with Gasteiger partial charge in [-0.3, -0.25) is 4.79 Å². The van der Waals surface area contributed by atoms with Crippen LogP contribution in [0.4, 0.5) is 5.69 Å². The minimum atomic E-state index is -0.0304. The number of carbonyl (C=O) groups excluding carboxylic acids is 1. The Hall–Kier alpha value is -1.43. The molecule has 1 amide bonds. The van der Waals surface area contributed by atoms with Crippen LogP contribution in [0.5, 0.6) is 0 Å². The fourth-order valence-corrected chi connectivity index (χ4v) is 4.59. The van der Waals surface area contributed by atoms with Crippen LogP contribution in [-0.2, 0) is 9.53 Å². The summed E-state index contributed by atoms with van der Waals surface area (Å²) in [6.45, 7) is 4.57. The van der Waals surface area contributed by atoms with E-state index in [1.54, 1.807) is 0 Å². The molecule has 0 saturated carbocycles. The van der Waals surface area contributed by atoms with Gasteiger partial charge in [-0.1, -0.05) is 18.2 Å². The molecule has 1 aromatic carbocycles. The highest BCUT2D eigenvalue weighted by Gasteiger charge is 2.45. The zero-order valence-electron chi connectivity index (χ0n) is 14.9. The number of anilines is 1. The largest absolute Gasteiger partial charge is 0.373 e. The molecular weight excluding hydrogens is 314 g/mol. The van der Waals surface area contributed by atoms with Gasteiger partial charge in [0.05, 0.1) is 18.2 Å². The van der Waals surface area contributed by atoms with Crippen molar-refractivity contribution in [2.75, 3.05) is 37.7 Å². The van der Waals surface area contributed by atoms with E-state index in [4.69, 9.17) is 4.74 Å². The summed E-state index contributed by atoms with van der Waals surface area (Å²) >= 11 is 0. The summed E-state index contributed by atoms with van der Waals surface area (Å²) in [7, 11) is 0. The van der Waals surface area contributed by atoms with Crippen LogP contribution in [0, 0.1) is 5.92 Å². The lowest BCUT2D eigenvalue weighted by Gasteiger charge is -2.35. The standard InChI is InChI=1S/C20H29N3O2/c24-19(16-6-10-21-11-7-16)23(17-4-2-1-3-5-17)18-14-20(25-15-18)8-12-22-13-9-20/h1-5,16,18,21-22H,6-15H2. The summed E-state index contributed by atoms with van der Waals surface area (Å²) in [6.07, 6.45) is 4.93. The van der Waals surface area contributed by atoms with Gasteiger partial charge in [0, 0.05) is 11.6 Å². The molecule has 1 spiro atoms. The zero-order chi connectivity index (χ0) is 17.1. The van der Waals surface area contributed by atoms with Crippen LogP contribution in [0.1, 0.15) is 32.1 Å². The number of carbonyl (C=O) groups is 1. The molecule has 3 saturated heterocycles. The highest BCUT2D eigenvalue weighted by Crippen LogP contribution is 2.38. The summed E-state index contributed by atoms with van der Waals surface area (Å²) in [5.74, 6) is 0.415. The number of hydrogen-bond acceptors (Lipinski definition) is 4. The Morgan fingerprint density at radius 1 is 1.04 bits per heavy atom. The molecule has 0 bridgehead atoms.